The Balaban J connectivity index is 4.14. The third-order valence-corrected chi connectivity index (χ3v) is 15.5. The van der Waals surface area contributed by atoms with Crippen LogP contribution in [0.3, 0.4) is 0 Å². The minimum atomic E-state index is -0.768. The lowest BCUT2D eigenvalue weighted by atomic mass is 10.0. The zero-order chi connectivity index (χ0) is 53.6. The number of ether oxygens (including phenoxy) is 3. The second kappa shape index (κ2) is 63.7. The van der Waals surface area contributed by atoms with Crippen molar-refractivity contribution in [2.24, 2.45) is 0 Å². The molecule has 0 aliphatic rings. The molecule has 0 bridgehead atoms. The molecule has 0 aromatic carbocycles. The van der Waals surface area contributed by atoms with Crippen LogP contribution in [0.4, 0.5) is 0 Å². The first-order valence-corrected chi connectivity index (χ1v) is 33.7. The van der Waals surface area contributed by atoms with E-state index < -0.39 is 6.10 Å². The van der Waals surface area contributed by atoms with Gasteiger partial charge >= 0.3 is 17.9 Å². The summed E-state index contributed by atoms with van der Waals surface area (Å²) in [6.07, 6.45) is 75.3. The van der Waals surface area contributed by atoms with Gasteiger partial charge in [-0.15, -0.1) is 0 Å². The summed E-state index contributed by atoms with van der Waals surface area (Å²) in [4.78, 5) is 38.3. The third kappa shape index (κ3) is 61.0. The van der Waals surface area contributed by atoms with Gasteiger partial charge in [-0.2, -0.15) is 0 Å². The third-order valence-electron chi connectivity index (χ3n) is 15.5. The van der Waals surface area contributed by atoms with Crippen molar-refractivity contribution >= 4 is 17.9 Å². The van der Waals surface area contributed by atoms with E-state index in [2.05, 4.69) is 32.9 Å². The largest absolute Gasteiger partial charge is 0.462 e. The molecule has 438 valence electrons. The molecule has 0 aromatic rings. The first-order valence-electron chi connectivity index (χ1n) is 33.7. The fourth-order valence-electron chi connectivity index (χ4n) is 10.5. The van der Waals surface area contributed by atoms with E-state index in [9.17, 15) is 14.4 Å². The van der Waals surface area contributed by atoms with Crippen LogP contribution < -0.4 is 0 Å². The van der Waals surface area contributed by atoms with Crippen LogP contribution in [0.25, 0.3) is 0 Å². The zero-order valence-corrected chi connectivity index (χ0v) is 50.4. The number of hydrogen-bond donors (Lipinski definition) is 0. The number of allylic oxidation sites excluding steroid dienone is 2. The summed E-state index contributed by atoms with van der Waals surface area (Å²) in [5, 5.41) is 0. The van der Waals surface area contributed by atoms with Crippen molar-refractivity contribution in [3.8, 4) is 0 Å². The molecule has 0 aromatic heterocycles. The molecule has 0 radical (unpaired) electrons. The monoisotopic (exact) mass is 1040 g/mol. The summed E-state index contributed by atoms with van der Waals surface area (Å²) in [6.45, 7) is 6.66. The Bertz CT molecular complexity index is 1150. The molecule has 0 N–H and O–H groups in total. The van der Waals surface area contributed by atoms with E-state index in [0.29, 0.717) is 19.3 Å². The average Bonchev–Trinajstić information content (AvgIpc) is 3.40. The van der Waals surface area contributed by atoms with Gasteiger partial charge in [-0.25, -0.2) is 0 Å². The van der Waals surface area contributed by atoms with E-state index in [0.717, 1.165) is 70.6 Å². The van der Waals surface area contributed by atoms with E-state index in [-0.39, 0.29) is 31.1 Å². The smallest absolute Gasteiger partial charge is 0.306 e. The second-order valence-corrected chi connectivity index (χ2v) is 23.1. The van der Waals surface area contributed by atoms with E-state index >= 15 is 0 Å². The van der Waals surface area contributed by atoms with Crippen LogP contribution in [-0.2, 0) is 28.6 Å². The van der Waals surface area contributed by atoms with Crippen LogP contribution in [0, 0.1) is 0 Å². The zero-order valence-electron chi connectivity index (χ0n) is 50.4. The minimum Gasteiger partial charge on any atom is -0.462 e. The van der Waals surface area contributed by atoms with Crippen molar-refractivity contribution in [2.75, 3.05) is 13.2 Å². The van der Waals surface area contributed by atoms with Gasteiger partial charge in [-0.3, -0.25) is 14.4 Å². The second-order valence-electron chi connectivity index (χ2n) is 23.1. The average molecular weight is 1040 g/mol. The van der Waals surface area contributed by atoms with Crippen LogP contribution in [0.1, 0.15) is 387 Å². The molecular weight excluding hydrogens is 913 g/mol. The highest BCUT2D eigenvalue weighted by atomic mass is 16.6. The highest BCUT2D eigenvalue weighted by Gasteiger charge is 2.19. The molecule has 0 heterocycles. The predicted octanol–water partition coefficient (Wildman–Crippen LogP) is 22.8. The fraction of sp³-hybridized carbons (Fsp3) is 0.926. The van der Waals surface area contributed by atoms with Gasteiger partial charge in [0.1, 0.15) is 13.2 Å². The Labute approximate surface area is 462 Å². The van der Waals surface area contributed by atoms with Crippen LogP contribution in [0.15, 0.2) is 12.2 Å². The molecule has 0 amide bonds. The molecule has 6 heteroatoms. The van der Waals surface area contributed by atoms with Crippen LogP contribution in [-0.4, -0.2) is 37.2 Å². The van der Waals surface area contributed by atoms with Crippen LogP contribution in [0.2, 0.25) is 0 Å². The summed E-state index contributed by atoms with van der Waals surface area (Å²) in [5.41, 5.74) is 0. The maximum absolute atomic E-state index is 12.9. The van der Waals surface area contributed by atoms with Crippen molar-refractivity contribution in [3.05, 3.63) is 12.2 Å². The number of unbranched alkanes of at least 4 members (excludes halogenated alkanes) is 50. The Kier molecular flexibility index (Phi) is 62.1. The molecular formula is C68H130O6. The van der Waals surface area contributed by atoms with Gasteiger partial charge in [0, 0.05) is 19.3 Å². The van der Waals surface area contributed by atoms with Gasteiger partial charge in [0.15, 0.2) is 6.10 Å². The van der Waals surface area contributed by atoms with E-state index in [4.69, 9.17) is 14.2 Å². The normalized spacial score (nSPS) is 12.0. The first kappa shape index (κ1) is 72.2. The topological polar surface area (TPSA) is 78.9 Å². The highest BCUT2D eigenvalue weighted by molar-refractivity contribution is 5.71. The quantitative estimate of drug-likeness (QED) is 0.0261. The molecule has 0 fully saturated rings. The maximum Gasteiger partial charge on any atom is 0.306 e. The fourth-order valence-corrected chi connectivity index (χ4v) is 10.5. The predicted molar refractivity (Wildman–Crippen MR) is 321 cm³/mol. The lowest BCUT2D eigenvalue weighted by molar-refractivity contribution is -0.167. The number of rotatable bonds is 63. The van der Waals surface area contributed by atoms with E-state index in [1.165, 1.54) is 276 Å². The van der Waals surface area contributed by atoms with Gasteiger partial charge < -0.3 is 14.2 Å². The molecule has 0 rings (SSSR count). The van der Waals surface area contributed by atoms with Crippen LogP contribution in [0.5, 0.6) is 0 Å². The van der Waals surface area contributed by atoms with Gasteiger partial charge in [-0.05, 0) is 38.5 Å². The number of carbonyl (C=O) groups excluding carboxylic acids is 3. The molecule has 74 heavy (non-hydrogen) atoms. The lowest BCUT2D eigenvalue weighted by Crippen LogP contribution is -2.30. The molecule has 1 unspecified atom stereocenters. The first-order chi connectivity index (χ1) is 36.5. The van der Waals surface area contributed by atoms with Crippen molar-refractivity contribution in [1.29, 1.82) is 0 Å². The standard InChI is InChI=1S/C68H130O6/c1-4-7-10-13-16-19-22-24-26-28-30-32-34-36-38-40-42-44-46-49-52-55-58-61-67(70)73-64-65(63-72-66(69)60-57-54-51-48-21-18-15-12-9-6-3)74-68(71)62-59-56-53-50-47-45-43-41-39-37-35-33-31-29-27-25-23-20-17-14-11-8-5-2/h12,15,65H,4-11,13-14,16-64H2,1-3H3/b15-12-. The Morgan fingerprint density at radius 1 is 0.257 bits per heavy atom. The Morgan fingerprint density at radius 3 is 0.730 bits per heavy atom. The number of esters is 3. The molecule has 0 saturated heterocycles. The summed E-state index contributed by atoms with van der Waals surface area (Å²) in [5.74, 6) is -0.846. The lowest BCUT2D eigenvalue weighted by Gasteiger charge is -2.18. The van der Waals surface area contributed by atoms with Crippen molar-refractivity contribution in [2.45, 2.75) is 393 Å². The van der Waals surface area contributed by atoms with Gasteiger partial charge in [0.05, 0.1) is 0 Å². The van der Waals surface area contributed by atoms with Crippen LogP contribution >= 0.6 is 0 Å². The molecule has 1 atom stereocenters. The summed E-state index contributed by atoms with van der Waals surface area (Å²) in [6, 6.07) is 0. The van der Waals surface area contributed by atoms with E-state index in [1.807, 2.05) is 0 Å². The Morgan fingerprint density at radius 2 is 0.473 bits per heavy atom. The van der Waals surface area contributed by atoms with E-state index in [1.54, 1.807) is 0 Å². The molecule has 6 nitrogen and oxygen atoms in total. The summed E-state index contributed by atoms with van der Waals surface area (Å²) in [7, 11) is 0. The van der Waals surface area contributed by atoms with Crippen molar-refractivity contribution in [3.63, 3.8) is 0 Å². The van der Waals surface area contributed by atoms with Crippen molar-refractivity contribution < 1.29 is 28.6 Å². The number of hydrogen-bond acceptors (Lipinski definition) is 6. The van der Waals surface area contributed by atoms with Crippen molar-refractivity contribution in [1.82, 2.24) is 0 Å². The summed E-state index contributed by atoms with van der Waals surface area (Å²) < 4.78 is 16.9. The maximum atomic E-state index is 12.9. The molecule has 0 saturated carbocycles. The SMILES string of the molecule is CCC/C=C\CCCCCCCC(=O)OCC(COC(=O)CCCCCCCCCCCCCCCCCCCCCCCCC)OC(=O)CCCCCCCCCCCCCCCCCCCCCCCCC. The molecule has 0 aliphatic heterocycles. The highest BCUT2D eigenvalue weighted by Crippen LogP contribution is 2.19. The summed E-state index contributed by atoms with van der Waals surface area (Å²) >= 11 is 0. The van der Waals surface area contributed by atoms with Gasteiger partial charge in [0.2, 0.25) is 0 Å². The minimum absolute atomic E-state index is 0.0662. The Hall–Kier alpha value is -1.85. The number of carbonyl (C=O) groups is 3. The van der Waals surface area contributed by atoms with Gasteiger partial charge in [0.25, 0.3) is 0 Å². The molecule has 0 aliphatic carbocycles. The molecule has 0 spiro atoms. The van der Waals surface area contributed by atoms with Gasteiger partial charge in [-0.1, -0.05) is 341 Å².